The van der Waals surface area contributed by atoms with Gasteiger partial charge < -0.3 is 15.0 Å². The van der Waals surface area contributed by atoms with Crippen LogP contribution < -0.4 is 10.1 Å². The molecule has 0 spiro atoms. The summed E-state index contributed by atoms with van der Waals surface area (Å²) in [6, 6.07) is 12.0. The number of aromatic amines is 1. The molecule has 2 aromatic carbocycles. The van der Waals surface area contributed by atoms with Crippen molar-refractivity contribution in [3.8, 4) is 29.0 Å². The van der Waals surface area contributed by atoms with E-state index in [1.54, 1.807) is 18.2 Å². The number of carbonyl (C=O) groups is 1. The lowest BCUT2D eigenvalue weighted by atomic mass is 10.1. The van der Waals surface area contributed by atoms with E-state index in [4.69, 9.17) is 4.74 Å². The molecule has 0 saturated carbocycles. The van der Waals surface area contributed by atoms with Crippen LogP contribution in [0, 0.1) is 18.8 Å². The number of H-pyrrole nitrogens is 1. The number of aromatic nitrogens is 2. The Labute approximate surface area is 177 Å². The number of carbonyl (C=O) groups excluding carboxylic acids is 1. The fourth-order valence-electron chi connectivity index (χ4n) is 2.75. The number of imidazole rings is 1. The van der Waals surface area contributed by atoms with Gasteiger partial charge in [0.1, 0.15) is 17.3 Å². The van der Waals surface area contributed by atoms with Gasteiger partial charge in [0.25, 0.3) is 0 Å². The number of nitrogens with zero attached hydrogens (tertiary/aromatic N) is 1. The monoisotopic (exact) mass is 427 g/mol. The second kappa shape index (κ2) is 8.96. The number of benzene rings is 2. The van der Waals surface area contributed by atoms with E-state index in [1.165, 1.54) is 6.07 Å². The highest BCUT2D eigenvalue weighted by Gasteiger charge is 2.33. The van der Waals surface area contributed by atoms with Gasteiger partial charge in [-0.3, -0.25) is 4.79 Å². The zero-order valence-electron chi connectivity index (χ0n) is 17.1. The van der Waals surface area contributed by atoms with Crippen LogP contribution in [0.4, 0.5) is 18.9 Å². The van der Waals surface area contributed by atoms with Gasteiger partial charge in [0.05, 0.1) is 18.0 Å². The Morgan fingerprint density at radius 1 is 1.19 bits per heavy atom. The molecule has 5 nitrogen and oxygen atoms in total. The maximum absolute atomic E-state index is 12.9. The summed E-state index contributed by atoms with van der Waals surface area (Å²) in [6.07, 6.45) is -3.99. The lowest BCUT2D eigenvalue weighted by molar-refractivity contribution is -0.140. The molecule has 160 valence electrons. The van der Waals surface area contributed by atoms with Crippen LogP contribution >= 0.6 is 0 Å². The summed E-state index contributed by atoms with van der Waals surface area (Å²) in [5.41, 5.74) is 1.38. The largest absolute Gasteiger partial charge is 0.489 e. The van der Waals surface area contributed by atoms with Crippen molar-refractivity contribution in [2.75, 3.05) is 5.32 Å². The topological polar surface area (TPSA) is 67.0 Å². The molecule has 0 bridgehead atoms. The average Bonchev–Trinajstić information content (AvgIpc) is 3.18. The predicted octanol–water partition coefficient (Wildman–Crippen LogP) is 5.18. The number of ether oxygens (including phenoxy) is 1. The average molecular weight is 427 g/mol. The molecule has 0 unspecified atom stereocenters. The van der Waals surface area contributed by atoms with Gasteiger partial charge in [0.2, 0.25) is 0 Å². The van der Waals surface area contributed by atoms with E-state index in [1.807, 2.05) is 39.0 Å². The van der Waals surface area contributed by atoms with E-state index in [0.717, 1.165) is 11.8 Å². The summed E-state index contributed by atoms with van der Waals surface area (Å²) in [6.45, 7) is 5.56. The molecular weight excluding hydrogens is 407 g/mol. The third-order valence-corrected chi connectivity index (χ3v) is 4.08. The van der Waals surface area contributed by atoms with E-state index in [-0.39, 0.29) is 17.6 Å². The lowest BCUT2D eigenvalue weighted by Crippen LogP contribution is -2.13. The van der Waals surface area contributed by atoms with Gasteiger partial charge in [-0.1, -0.05) is 18.1 Å². The molecule has 3 aromatic rings. The highest BCUT2D eigenvalue weighted by molar-refractivity contribution is 6.05. The smallest absolute Gasteiger partial charge is 0.432 e. The first kappa shape index (κ1) is 22.0. The minimum Gasteiger partial charge on any atom is -0.489 e. The van der Waals surface area contributed by atoms with E-state index in [2.05, 4.69) is 27.1 Å². The molecule has 0 saturated heterocycles. The first-order chi connectivity index (χ1) is 14.6. The van der Waals surface area contributed by atoms with Crippen molar-refractivity contribution in [2.24, 2.45) is 0 Å². The molecule has 0 aliphatic heterocycles. The van der Waals surface area contributed by atoms with Crippen molar-refractivity contribution in [3.05, 3.63) is 65.5 Å². The van der Waals surface area contributed by atoms with E-state index in [9.17, 15) is 18.0 Å². The zero-order chi connectivity index (χ0) is 22.6. The molecule has 8 heteroatoms. The van der Waals surface area contributed by atoms with Crippen LogP contribution in [0.5, 0.6) is 5.75 Å². The van der Waals surface area contributed by atoms with Crippen LogP contribution in [0.1, 0.15) is 30.7 Å². The SMILES string of the molecule is Cc1cccc(C#CC(=O)Nc2cc(-c3ncc(C(F)(F)F)[nH]3)ccc2OC(C)C)c1. The third kappa shape index (κ3) is 5.89. The molecule has 0 radical (unpaired) electrons. The van der Waals surface area contributed by atoms with Gasteiger partial charge in [0, 0.05) is 17.0 Å². The molecule has 0 aliphatic carbocycles. The Hall–Kier alpha value is -3.73. The van der Waals surface area contributed by atoms with Crippen LogP contribution in [0.25, 0.3) is 11.4 Å². The lowest BCUT2D eigenvalue weighted by Gasteiger charge is -2.15. The van der Waals surface area contributed by atoms with Gasteiger partial charge >= 0.3 is 12.1 Å². The van der Waals surface area contributed by atoms with Gasteiger partial charge in [0.15, 0.2) is 0 Å². The second-order valence-electron chi connectivity index (χ2n) is 7.09. The number of hydrogen-bond acceptors (Lipinski definition) is 3. The Kier molecular flexibility index (Phi) is 6.35. The summed E-state index contributed by atoms with van der Waals surface area (Å²) in [7, 11) is 0. The number of amides is 1. The highest BCUT2D eigenvalue weighted by Crippen LogP contribution is 2.33. The fraction of sp³-hybridized carbons (Fsp3) is 0.217. The molecule has 0 fully saturated rings. The third-order valence-electron chi connectivity index (χ3n) is 4.08. The molecule has 1 heterocycles. The standard InChI is InChI=1S/C23H20F3N3O2/c1-14(2)31-19-9-8-17(22-27-13-20(29-22)23(24,25)26)12-18(19)28-21(30)10-7-16-6-4-5-15(3)11-16/h4-6,8-9,11-14H,1-3H3,(H,27,29)(H,28,30). The van der Waals surface area contributed by atoms with Crippen molar-refractivity contribution >= 4 is 11.6 Å². The fourth-order valence-corrected chi connectivity index (χ4v) is 2.75. The maximum atomic E-state index is 12.9. The van der Waals surface area contributed by atoms with Gasteiger partial charge in [-0.25, -0.2) is 4.98 Å². The van der Waals surface area contributed by atoms with Crippen molar-refractivity contribution in [1.29, 1.82) is 0 Å². The zero-order valence-corrected chi connectivity index (χ0v) is 17.1. The summed E-state index contributed by atoms with van der Waals surface area (Å²) < 4.78 is 44.3. The van der Waals surface area contributed by atoms with Gasteiger partial charge in [-0.05, 0) is 56.7 Å². The Bertz CT molecular complexity index is 1150. The summed E-state index contributed by atoms with van der Waals surface area (Å²) in [5.74, 6) is 5.10. The summed E-state index contributed by atoms with van der Waals surface area (Å²) in [4.78, 5) is 18.4. The molecule has 0 atom stereocenters. The second-order valence-corrected chi connectivity index (χ2v) is 7.09. The number of halogens is 3. The van der Waals surface area contributed by atoms with E-state index < -0.39 is 17.8 Å². The van der Waals surface area contributed by atoms with Crippen molar-refractivity contribution in [3.63, 3.8) is 0 Å². The van der Waals surface area contributed by atoms with Crippen molar-refractivity contribution in [2.45, 2.75) is 33.1 Å². The Morgan fingerprint density at radius 2 is 1.97 bits per heavy atom. The number of hydrogen-bond donors (Lipinski definition) is 2. The minimum atomic E-state index is -4.53. The molecule has 2 N–H and O–H groups in total. The first-order valence-corrected chi connectivity index (χ1v) is 9.45. The highest BCUT2D eigenvalue weighted by atomic mass is 19.4. The molecule has 1 amide bonds. The van der Waals surface area contributed by atoms with Crippen LogP contribution in [-0.2, 0) is 11.0 Å². The quantitative estimate of drug-likeness (QED) is 0.564. The summed E-state index contributed by atoms with van der Waals surface area (Å²) >= 11 is 0. The van der Waals surface area contributed by atoms with Crippen LogP contribution in [-0.4, -0.2) is 22.0 Å². The van der Waals surface area contributed by atoms with Crippen LogP contribution in [0.2, 0.25) is 0 Å². The van der Waals surface area contributed by atoms with Crippen molar-refractivity contribution in [1.82, 2.24) is 9.97 Å². The number of rotatable bonds is 4. The predicted molar refractivity (Wildman–Crippen MR) is 111 cm³/mol. The molecule has 0 aliphatic rings. The van der Waals surface area contributed by atoms with Crippen LogP contribution in [0.3, 0.4) is 0 Å². The Balaban J connectivity index is 1.89. The number of aryl methyl sites for hydroxylation is 1. The number of nitrogens with one attached hydrogen (secondary N) is 2. The minimum absolute atomic E-state index is 0.0183. The van der Waals surface area contributed by atoms with Crippen molar-refractivity contribution < 1.29 is 22.7 Å². The summed E-state index contributed by atoms with van der Waals surface area (Å²) in [5, 5.41) is 2.65. The molecular formula is C23H20F3N3O2. The number of alkyl halides is 3. The Morgan fingerprint density at radius 3 is 2.61 bits per heavy atom. The van der Waals surface area contributed by atoms with Gasteiger partial charge in [-0.2, -0.15) is 13.2 Å². The maximum Gasteiger partial charge on any atom is 0.432 e. The molecule has 3 rings (SSSR count). The molecule has 1 aromatic heterocycles. The normalized spacial score (nSPS) is 11.1. The van der Waals surface area contributed by atoms with E-state index in [0.29, 0.717) is 16.9 Å². The molecule has 31 heavy (non-hydrogen) atoms. The van der Waals surface area contributed by atoms with Gasteiger partial charge in [-0.15, -0.1) is 0 Å². The van der Waals surface area contributed by atoms with Crippen LogP contribution in [0.15, 0.2) is 48.7 Å². The first-order valence-electron chi connectivity index (χ1n) is 9.45. The number of anilines is 1. The van der Waals surface area contributed by atoms with E-state index >= 15 is 0 Å².